The third-order valence-corrected chi connectivity index (χ3v) is 7.49. The molecule has 0 aliphatic carbocycles. The van der Waals surface area contributed by atoms with E-state index in [4.69, 9.17) is 32.4 Å². The molecule has 6 heteroatoms. The average Bonchev–Trinajstić information content (AvgIpc) is 3.00. The summed E-state index contributed by atoms with van der Waals surface area (Å²) in [6.07, 6.45) is 0. The quantitative estimate of drug-likeness (QED) is 0.242. The van der Waals surface area contributed by atoms with Crippen LogP contribution in [0.2, 0.25) is 0 Å². The lowest BCUT2D eigenvalue weighted by Gasteiger charge is -2.50. The SMILES string of the molecule is COC(c1ccc(CN)cc1)(c1ccc(CN)cc1)C(OC)(c1ccc(CN)cc1)c1ccc(CN)cc1. The highest BCUT2D eigenvalue weighted by Gasteiger charge is 2.57. The topological polar surface area (TPSA) is 123 Å². The van der Waals surface area contributed by atoms with E-state index in [0.29, 0.717) is 26.2 Å². The molecule has 0 saturated heterocycles. The smallest absolute Gasteiger partial charge is 0.155 e. The van der Waals surface area contributed by atoms with Gasteiger partial charge in [0.25, 0.3) is 0 Å². The zero-order valence-corrected chi connectivity index (χ0v) is 22.2. The molecule has 0 unspecified atom stereocenters. The first-order valence-corrected chi connectivity index (χ1v) is 12.8. The molecule has 0 radical (unpaired) electrons. The van der Waals surface area contributed by atoms with Gasteiger partial charge >= 0.3 is 0 Å². The van der Waals surface area contributed by atoms with Crippen LogP contribution in [0.3, 0.4) is 0 Å². The van der Waals surface area contributed by atoms with Gasteiger partial charge in [0.2, 0.25) is 0 Å². The molecule has 0 saturated carbocycles. The van der Waals surface area contributed by atoms with Crippen molar-refractivity contribution >= 4 is 0 Å². The molecule has 6 nitrogen and oxygen atoms in total. The molecule has 0 bridgehead atoms. The van der Waals surface area contributed by atoms with E-state index >= 15 is 0 Å². The minimum atomic E-state index is -1.10. The summed E-state index contributed by atoms with van der Waals surface area (Å²) in [5.74, 6) is 0. The summed E-state index contributed by atoms with van der Waals surface area (Å²) in [4.78, 5) is 0. The van der Waals surface area contributed by atoms with E-state index in [1.807, 2.05) is 48.5 Å². The lowest BCUT2D eigenvalue weighted by atomic mass is 9.65. The molecule has 0 heterocycles. The van der Waals surface area contributed by atoms with Crippen LogP contribution < -0.4 is 22.9 Å². The van der Waals surface area contributed by atoms with Crippen molar-refractivity contribution in [3.05, 3.63) is 142 Å². The van der Waals surface area contributed by atoms with Gasteiger partial charge in [0.1, 0.15) is 0 Å². The molecule has 0 atom stereocenters. The number of hydrogen-bond donors (Lipinski definition) is 4. The first kappa shape index (κ1) is 27.7. The summed E-state index contributed by atoms with van der Waals surface area (Å²) in [5.41, 5.74) is 29.4. The Morgan fingerprint density at radius 3 is 0.711 bits per heavy atom. The van der Waals surface area contributed by atoms with Crippen LogP contribution in [0.25, 0.3) is 0 Å². The maximum absolute atomic E-state index is 6.70. The molecule has 8 N–H and O–H groups in total. The Morgan fingerprint density at radius 1 is 0.395 bits per heavy atom. The predicted molar refractivity (Wildman–Crippen MR) is 153 cm³/mol. The van der Waals surface area contributed by atoms with Gasteiger partial charge in [-0.15, -0.1) is 0 Å². The van der Waals surface area contributed by atoms with Gasteiger partial charge in [-0.25, -0.2) is 0 Å². The monoisotopic (exact) mass is 510 g/mol. The Bertz CT molecular complexity index is 1100. The fraction of sp³-hybridized carbons (Fsp3) is 0.250. The Hall–Kier alpha value is -3.36. The Balaban J connectivity index is 2.13. The van der Waals surface area contributed by atoms with Gasteiger partial charge in [0.05, 0.1) is 0 Å². The van der Waals surface area contributed by atoms with Crippen LogP contribution in [0.5, 0.6) is 0 Å². The fourth-order valence-corrected chi connectivity index (χ4v) is 5.41. The summed E-state index contributed by atoms with van der Waals surface area (Å²) in [7, 11) is 3.45. The van der Waals surface area contributed by atoms with Gasteiger partial charge in [-0.1, -0.05) is 97.1 Å². The lowest BCUT2D eigenvalue weighted by Crippen LogP contribution is -2.53. The van der Waals surface area contributed by atoms with Crippen molar-refractivity contribution < 1.29 is 9.47 Å². The van der Waals surface area contributed by atoms with Gasteiger partial charge in [-0.2, -0.15) is 0 Å². The van der Waals surface area contributed by atoms with E-state index in [1.54, 1.807) is 14.2 Å². The minimum Gasteiger partial charge on any atom is -0.365 e. The normalized spacial score (nSPS) is 12.1. The molecule has 0 aliphatic heterocycles. The molecule has 4 aromatic rings. The number of nitrogens with two attached hydrogens (primary N) is 4. The molecular formula is C32H38N4O2. The number of methoxy groups -OCH3 is 2. The average molecular weight is 511 g/mol. The number of benzene rings is 4. The van der Waals surface area contributed by atoms with Gasteiger partial charge in [0, 0.05) is 40.4 Å². The van der Waals surface area contributed by atoms with Crippen molar-refractivity contribution in [3.8, 4) is 0 Å². The maximum atomic E-state index is 6.70. The van der Waals surface area contributed by atoms with Crippen LogP contribution >= 0.6 is 0 Å². The van der Waals surface area contributed by atoms with Crippen molar-refractivity contribution in [2.75, 3.05) is 14.2 Å². The largest absolute Gasteiger partial charge is 0.365 e. The first-order valence-electron chi connectivity index (χ1n) is 12.8. The van der Waals surface area contributed by atoms with Gasteiger partial charge in [0.15, 0.2) is 11.2 Å². The van der Waals surface area contributed by atoms with E-state index in [2.05, 4.69) is 48.5 Å². The standard InChI is InChI=1S/C32H38N4O2/c1-37-31(27-11-3-23(19-33)4-12-27,28-13-5-24(20-34)6-14-28)32(38-2,29-15-7-25(21-35)8-16-29)30-17-9-26(22-36)10-18-30/h3-18H,19-22,33-36H2,1-2H3. The second kappa shape index (κ2) is 12.0. The van der Waals surface area contributed by atoms with Crippen LogP contribution in [0, 0.1) is 0 Å². The molecule has 0 aromatic heterocycles. The second-order valence-corrected chi connectivity index (χ2v) is 9.37. The highest BCUT2D eigenvalue weighted by molar-refractivity contribution is 5.52. The van der Waals surface area contributed by atoms with Gasteiger partial charge < -0.3 is 32.4 Å². The zero-order chi connectivity index (χ0) is 27.2. The van der Waals surface area contributed by atoms with Crippen molar-refractivity contribution in [1.29, 1.82) is 0 Å². The summed E-state index contributed by atoms with van der Waals surface area (Å²) < 4.78 is 13.4. The molecule has 0 spiro atoms. The van der Waals surface area contributed by atoms with Crippen LogP contribution in [-0.4, -0.2) is 14.2 Å². The number of rotatable bonds is 11. The molecule has 4 aromatic carbocycles. The predicted octanol–water partition coefficient (Wildman–Crippen LogP) is 4.00. The van der Waals surface area contributed by atoms with Crippen molar-refractivity contribution in [2.45, 2.75) is 37.4 Å². The van der Waals surface area contributed by atoms with E-state index in [1.165, 1.54) is 0 Å². The molecule has 198 valence electrons. The Kier molecular flexibility index (Phi) is 8.74. The maximum Gasteiger partial charge on any atom is 0.155 e. The summed E-state index contributed by atoms with van der Waals surface area (Å²) in [5, 5.41) is 0. The second-order valence-electron chi connectivity index (χ2n) is 9.37. The van der Waals surface area contributed by atoms with Crippen molar-refractivity contribution in [3.63, 3.8) is 0 Å². The molecule has 0 aliphatic rings. The molecule has 38 heavy (non-hydrogen) atoms. The first-order chi connectivity index (χ1) is 18.5. The number of ether oxygens (including phenoxy) is 2. The highest BCUT2D eigenvalue weighted by Crippen LogP contribution is 2.54. The van der Waals surface area contributed by atoms with Crippen LogP contribution in [0.4, 0.5) is 0 Å². The highest BCUT2D eigenvalue weighted by atomic mass is 16.5. The van der Waals surface area contributed by atoms with E-state index in [9.17, 15) is 0 Å². The molecule has 4 rings (SSSR count). The summed E-state index contributed by atoms with van der Waals surface area (Å²) >= 11 is 0. The van der Waals surface area contributed by atoms with Crippen molar-refractivity contribution in [2.24, 2.45) is 22.9 Å². The Morgan fingerprint density at radius 2 is 0.579 bits per heavy atom. The van der Waals surface area contributed by atoms with Crippen LogP contribution in [0.15, 0.2) is 97.1 Å². The fourth-order valence-electron chi connectivity index (χ4n) is 5.41. The zero-order valence-electron chi connectivity index (χ0n) is 22.2. The summed E-state index contributed by atoms with van der Waals surface area (Å²) in [6.45, 7) is 1.79. The van der Waals surface area contributed by atoms with E-state index < -0.39 is 11.2 Å². The van der Waals surface area contributed by atoms with E-state index in [-0.39, 0.29) is 0 Å². The number of hydrogen-bond acceptors (Lipinski definition) is 6. The molecule has 0 amide bonds. The minimum absolute atomic E-state index is 0.446. The Labute approximate surface area is 225 Å². The third kappa shape index (κ3) is 4.67. The molecular weight excluding hydrogens is 472 g/mol. The lowest BCUT2D eigenvalue weighted by molar-refractivity contribution is -0.153. The van der Waals surface area contributed by atoms with Gasteiger partial charge in [-0.3, -0.25) is 0 Å². The summed E-state index contributed by atoms with van der Waals surface area (Å²) in [6, 6.07) is 32.8. The van der Waals surface area contributed by atoms with Crippen molar-refractivity contribution in [1.82, 2.24) is 0 Å². The van der Waals surface area contributed by atoms with Crippen LogP contribution in [-0.2, 0) is 46.9 Å². The van der Waals surface area contributed by atoms with E-state index in [0.717, 1.165) is 44.5 Å². The third-order valence-electron chi connectivity index (χ3n) is 7.49. The van der Waals surface area contributed by atoms with Crippen LogP contribution in [0.1, 0.15) is 44.5 Å². The molecule has 0 fully saturated rings. The van der Waals surface area contributed by atoms with Gasteiger partial charge in [-0.05, 0) is 44.5 Å².